The van der Waals surface area contributed by atoms with Gasteiger partial charge in [0.2, 0.25) is 0 Å². The quantitative estimate of drug-likeness (QED) is 0.843. The van der Waals surface area contributed by atoms with Gasteiger partial charge in [-0.2, -0.15) is 0 Å². The maximum Gasteiger partial charge on any atom is 0.252 e. The molecule has 1 fully saturated rings. The van der Waals surface area contributed by atoms with Crippen LogP contribution in [0.4, 0.5) is 0 Å². The van der Waals surface area contributed by atoms with Gasteiger partial charge in [-0.1, -0.05) is 40.9 Å². The standard InChI is InChI=1S/C16H22BrClN2O/c1-2-13-5-3-4-9-20(13)10-8-19-16(21)14-11-12(17)6-7-15(14)18/h6-7,11,13H,2-5,8-10H2,1H3,(H,19,21). The molecule has 1 amide bonds. The van der Waals surface area contributed by atoms with E-state index in [0.717, 1.165) is 17.6 Å². The van der Waals surface area contributed by atoms with Gasteiger partial charge < -0.3 is 5.32 Å². The van der Waals surface area contributed by atoms with Gasteiger partial charge in [-0.25, -0.2) is 0 Å². The molecule has 1 aliphatic rings. The molecule has 3 nitrogen and oxygen atoms in total. The SMILES string of the molecule is CCC1CCCCN1CCNC(=O)c1cc(Br)ccc1Cl. The van der Waals surface area contributed by atoms with Gasteiger partial charge in [0.15, 0.2) is 0 Å². The van der Waals surface area contributed by atoms with Gasteiger partial charge in [-0.15, -0.1) is 0 Å². The topological polar surface area (TPSA) is 32.3 Å². The number of benzene rings is 1. The second-order valence-electron chi connectivity index (χ2n) is 5.47. The number of carbonyl (C=O) groups is 1. The first-order chi connectivity index (χ1) is 10.1. The lowest BCUT2D eigenvalue weighted by Gasteiger charge is -2.35. The molecular weight excluding hydrogens is 352 g/mol. The number of rotatable bonds is 5. The minimum absolute atomic E-state index is 0.105. The first kappa shape index (κ1) is 16.8. The van der Waals surface area contributed by atoms with Crippen LogP contribution in [-0.4, -0.2) is 36.5 Å². The number of amides is 1. The highest BCUT2D eigenvalue weighted by Crippen LogP contribution is 2.21. The van der Waals surface area contributed by atoms with Crippen molar-refractivity contribution in [1.82, 2.24) is 10.2 Å². The summed E-state index contributed by atoms with van der Waals surface area (Å²) in [6.07, 6.45) is 5.06. The summed E-state index contributed by atoms with van der Waals surface area (Å²) in [7, 11) is 0. The Morgan fingerprint density at radius 3 is 3.05 bits per heavy atom. The molecule has 21 heavy (non-hydrogen) atoms. The van der Waals surface area contributed by atoms with E-state index in [-0.39, 0.29) is 5.91 Å². The predicted molar refractivity (Wildman–Crippen MR) is 91.0 cm³/mol. The van der Waals surface area contributed by atoms with Crippen LogP contribution in [0.15, 0.2) is 22.7 Å². The van der Waals surface area contributed by atoms with Crippen LogP contribution in [0.25, 0.3) is 0 Å². The van der Waals surface area contributed by atoms with Crippen molar-refractivity contribution in [1.29, 1.82) is 0 Å². The van der Waals surface area contributed by atoms with Crippen LogP contribution in [0.3, 0.4) is 0 Å². The third-order valence-corrected chi connectivity index (χ3v) is 4.90. The van der Waals surface area contributed by atoms with Crippen LogP contribution < -0.4 is 5.32 Å². The molecule has 1 saturated heterocycles. The highest BCUT2D eigenvalue weighted by Gasteiger charge is 2.20. The second kappa shape index (κ2) is 8.16. The summed E-state index contributed by atoms with van der Waals surface area (Å²) in [5, 5.41) is 3.46. The van der Waals surface area contributed by atoms with E-state index in [0.29, 0.717) is 23.2 Å². The van der Waals surface area contributed by atoms with Gasteiger partial charge in [0.05, 0.1) is 10.6 Å². The Morgan fingerprint density at radius 1 is 1.48 bits per heavy atom. The molecule has 2 rings (SSSR count). The fraction of sp³-hybridized carbons (Fsp3) is 0.562. The maximum absolute atomic E-state index is 12.2. The van der Waals surface area contributed by atoms with E-state index < -0.39 is 0 Å². The Morgan fingerprint density at radius 2 is 2.29 bits per heavy atom. The van der Waals surface area contributed by atoms with E-state index in [4.69, 9.17) is 11.6 Å². The Bertz CT molecular complexity index is 495. The summed E-state index contributed by atoms with van der Waals surface area (Å²) in [6, 6.07) is 6.00. The number of carbonyl (C=O) groups excluding carboxylic acids is 1. The minimum atomic E-state index is -0.105. The molecule has 0 bridgehead atoms. The van der Waals surface area contributed by atoms with Gasteiger partial charge in [0.25, 0.3) is 5.91 Å². The van der Waals surface area contributed by atoms with Gasteiger partial charge in [-0.05, 0) is 44.0 Å². The summed E-state index contributed by atoms with van der Waals surface area (Å²) in [6.45, 7) is 4.96. The minimum Gasteiger partial charge on any atom is -0.351 e. The zero-order chi connectivity index (χ0) is 15.2. The molecule has 1 aliphatic heterocycles. The van der Waals surface area contributed by atoms with Crippen molar-refractivity contribution in [3.8, 4) is 0 Å². The molecule has 0 aromatic heterocycles. The largest absolute Gasteiger partial charge is 0.351 e. The van der Waals surface area contributed by atoms with Gasteiger partial charge in [-0.3, -0.25) is 9.69 Å². The van der Waals surface area contributed by atoms with Crippen molar-refractivity contribution in [2.45, 2.75) is 38.6 Å². The van der Waals surface area contributed by atoms with E-state index >= 15 is 0 Å². The highest BCUT2D eigenvalue weighted by molar-refractivity contribution is 9.10. The molecule has 0 saturated carbocycles. The summed E-state index contributed by atoms with van der Waals surface area (Å²) in [4.78, 5) is 14.7. The smallest absolute Gasteiger partial charge is 0.252 e. The van der Waals surface area contributed by atoms with E-state index in [2.05, 4.69) is 33.1 Å². The van der Waals surface area contributed by atoms with Crippen molar-refractivity contribution in [3.63, 3.8) is 0 Å². The number of likely N-dealkylation sites (tertiary alicyclic amines) is 1. The van der Waals surface area contributed by atoms with Crippen molar-refractivity contribution in [2.75, 3.05) is 19.6 Å². The average molecular weight is 374 g/mol. The third kappa shape index (κ3) is 4.70. The van der Waals surface area contributed by atoms with Crippen LogP contribution in [0.1, 0.15) is 43.0 Å². The summed E-state index contributed by atoms with van der Waals surface area (Å²) in [5.74, 6) is -0.105. The molecule has 116 valence electrons. The lowest BCUT2D eigenvalue weighted by Crippen LogP contribution is -2.43. The lowest BCUT2D eigenvalue weighted by atomic mass is 10.0. The van der Waals surface area contributed by atoms with Crippen LogP contribution in [-0.2, 0) is 0 Å². The van der Waals surface area contributed by atoms with Gasteiger partial charge >= 0.3 is 0 Å². The molecule has 1 heterocycles. The Kier molecular flexibility index (Phi) is 6.52. The molecule has 5 heteroatoms. The predicted octanol–water partition coefficient (Wildman–Crippen LogP) is 4.10. The fourth-order valence-electron chi connectivity index (χ4n) is 2.90. The average Bonchev–Trinajstić information content (AvgIpc) is 2.50. The van der Waals surface area contributed by atoms with E-state index in [9.17, 15) is 4.79 Å². The van der Waals surface area contributed by atoms with Gasteiger partial charge in [0, 0.05) is 23.6 Å². The van der Waals surface area contributed by atoms with Crippen LogP contribution >= 0.6 is 27.5 Å². The van der Waals surface area contributed by atoms with E-state index in [1.165, 1.54) is 25.7 Å². The molecule has 1 aromatic carbocycles. The molecule has 1 atom stereocenters. The number of hydrogen-bond acceptors (Lipinski definition) is 2. The van der Waals surface area contributed by atoms with Crippen molar-refractivity contribution in [2.24, 2.45) is 0 Å². The van der Waals surface area contributed by atoms with Crippen LogP contribution in [0.5, 0.6) is 0 Å². The third-order valence-electron chi connectivity index (χ3n) is 4.08. The normalized spacial score (nSPS) is 19.5. The maximum atomic E-state index is 12.2. The number of piperidine rings is 1. The highest BCUT2D eigenvalue weighted by atomic mass is 79.9. The van der Waals surface area contributed by atoms with Gasteiger partial charge in [0.1, 0.15) is 0 Å². The summed E-state index contributed by atoms with van der Waals surface area (Å²) in [5.41, 5.74) is 0.525. The molecule has 1 unspecified atom stereocenters. The zero-order valence-corrected chi connectivity index (χ0v) is 14.7. The summed E-state index contributed by atoms with van der Waals surface area (Å²) >= 11 is 9.44. The van der Waals surface area contributed by atoms with Crippen molar-refractivity contribution in [3.05, 3.63) is 33.3 Å². The van der Waals surface area contributed by atoms with E-state index in [1.807, 2.05) is 6.07 Å². The molecule has 0 spiro atoms. The molecule has 1 aromatic rings. The molecule has 0 radical (unpaired) electrons. The monoisotopic (exact) mass is 372 g/mol. The first-order valence-corrected chi connectivity index (χ1v) is 8.76. The van der Waals surface area contributed by atoms with Crippen molar-refractivity contribution >= 4 is 33.4 Å². The van der Waals surface area contributed by atoms with Crippen LogP contribution in [0.2, 0.25) is 5.02 Å². The molecule has 1 N–H and O–H groups in total. The number of nitrogens with one attached hydrogen (secondary N) is 1. The first-order valence-electron chi connectivity index (χ1n) is 7.59. The van der Waals surface area contributed by atoms with Crippen LogP contribution in [0, 0.1) is 0 Å². The number of nitrogens with zero attached hydrogens (tertiary/aromatic N) is 1. The molecular formula is C16H22BrClN2O. The fourth-order valence-corrected chi connectivity index (χ4v) is 3.46. The Labute approximate surface area is 140 Å². The lowest BCUT2D eigenvalue weighted by molar-refractivity contribution is 0.0934. The summed E-state index contributed by atoms with van der Waals surface area (Å²) < 4.78 is 0.860. The number of hydrogen-bond donors (Lipinski definition) is 1. The molecule has 0 aliphatic carbocycles. The Hall–Kier alpha value is -0.580. The zero-order valence-electron chi connectivity index (χ0n) is 12.4. The number of halogens is 2. The van der Waals surface area contributed by atoms with Crippen molar-refractivity contribution < 1.29 is 4.79 Å². The van der Waals surface area contributed by atoms with E-state index in [1.54, 1.807) is 12.1 Å². The Balaban J connectivity index is 1.85. The second-order valence-corrected chi connectivity index (χ2v) is 6.80.